The van der Waals surface area contributed by atoms with E-state index >= 15 is 0 Å². The summed E-state index contributed by atoms with van der Waals surface area (Å²) in [4.78, 5) is 0. The summed E-state index contributed by atoms with van der Waals surface area (Å²) >= 11 is 3.53. The van der Waals surface area contributed by atoms with Crippen LogP contribution in [0, 0.1) is 0 Å². The maximum atomic E-state index is 5.39. The van der Waals surface area contributed by atoms with Gasteiger partial charge in [0, 0.05) is 5.33 Å². The van der Waals surface area contributed by atoms with Crippen molar-refractivity contribution in [3.63, 3.8) is 0 Å². The zero-order chi connectivity index (χ0) is 14.7. The van der Waals surface area contributed by atoms with E-state index in [1.807, 2.05) is 0 Å². The molecule has 0 atom stereocenters. The predicted molar refractivity (Wildman–Crippen MR) is 92.3 cm³/mol. The SMILES string of the molecule is COc1ccc2c(c1)CCc1ccccc1/C2=C\CCBr. The van der Waals surface area contributed by atoms with Gasteiger partial charge in [-0.15, -0.1) is 0 Å². The number of allylic oxidation sites excluding steroid dienone is 1. The zero-order valence-electron chi connectivity index (χ0n) is 12.2. The van der Waals surface area contributed by atoms with Gasteiger partial charge in [-0.05, 0) is 59.2 Å². The first-order valence-electron chi connectivity index (χ1n) is 7.35. The molecular weight excluding hydrogens is 324 g/mol. The van der Waals surface area contributed by atoms with Gasteiger partial charge in [0.05, 0.1) is 7.11 Å². The number of alkyl halides is 1. The van der Waals surface area contributed by atoms with Gasteiger partial charge >= 0.3 is 0 Å². The molecule has 0 aliphatic heterocycles. The topological polar surface area (TPSA) is 9.23 Å². The molecule has 1 nitrogen and oxygen atoms in total. The summed E-state index contributed by atoms with van der Waals surface area (Å²) in [5.41, 5.74) is 6.91. The molecule has 3 rings (SSSR count). The molecule has 0 unspecified atom stereocenters. The lowest BCUT2D eigenvalue weighted by molar-refractivity contribution is 0.414. The molecule has 0 heterocycles. The van der Waals surface area contributed by atoms with E-state index in [1.54, 1.807) is 7.11 Å². The van der Waals surface area contributed by atoms with Crippen LogP contribution in [-0.2, 0) is 12.8 Å². The third-order valence-electron chi connectivity index (χ3n) is 4.03. The maximum absolute atomic E-state index is 5.39. The van der Waals surface area contributed by atoms with Gasteiger partial charge < -0.3 is 4.74 Å². The second-order valence-corrected chi connectivity index (χ2v) is 6.07. The highest BCUT2D eigenvalue weighted by Gasteiger charge is 2.17. The molecule has 1 aliphatic carbocycles. The Kier molecular flexibility index (Phi) is 4.45. The van der Waals surface area contributed by atoms with Crippen molar-refractivity contribution in [3.8, 4) is 5.75 Å². The van der Waals surface area contributed by atoms with Crippen LogP contribution in [0.3, 0.4) is 0 Å². The van der Waals surface area contributed by atoms with E-state index in [0.717, 1.165) is 30.3 Å². The van der Waals surface area contributed by atoms with Crippen molar-refractivity contribution in [1.29, 1.82) is 0 Å². The Hall–Kier alpha value is -1.54. The lowest BCUT2D eigenvalue weighted by Gasteiger charge is -2.13. The third kappa shape index (κ3) is 2.91. The minimum Gasteiger partial charge on any atom is -0.497 e. The van der Waals surface area contributed by atoms with E-state index < -0.39 is 0 Å². The Labute approximate surface area is 134 Å². The smallest absolute Gasteiger partial charge is 0.119 e. The zero-order valence-corrected chi connectivity index (χ0v) is 13.8. The molecule has 2 heteroatoms. The Morgan fingerprint density at radius 1 is 1.05 bits per heavy atom. The molecule has 1 aliphatic rings. The number of aryl methyl sites for hydroxylation is 2. The first-order chi connectivity index (χ1) is 10.3. The average molecular weight is 343 g/mol. The molecule has 2 aromatic carbocycles. The second kappa shape index (κ2) is 6.48. The lowest BCUT2D eigenvalue weighted by atomic mass is 9.93. The Morgan fingerprint density at radius 2 is 1.81 bits per heavy atom. The molecule has 0 radical (unpaired) electrons. The molecule has 0 saturated heterocycles. The number of benzene rings is 2. The summed E-state index contributed by atoms with van der Waals surface area (Å²) < 4.78 is 5.39. The summed E-state index contributed by atoms with van der Waals surface area (Å²) in [6.07, 6.45) is 5.54. The van der Waals surface area contributed by atoms with Crippen molar-refractivity contribution in [2.75, 3.05) is 12.4 Å². The van der Waals surface area contributed by atoms with Crippen LogP contribution in [0.2, 0.25) is 0 Å². The standard InChI is InChI=1S/C19H19BrO/c1-21-16-10-11-18-15(13-16)9-8-14-5-2-3-6-17(14)19(18)7-4-12-20/h2-3,5-7,10-11,13H,4,8-9,12H2,1H3/b19-7+. The number of ether oxygens (including phenoxy) is 1. The van der Waals surface area contributed by atoms with E-state index in [-0.39, 0.29) is 0 Å². The largest absolute Gasteiger partial charge is 0.497 e. The van der Waals surface area contributed by atoms with E-state index in [2.05, 4.69) is 64.5 Å². The monoisotopic (exact) mass is 342 g/mol. The summed E-state index contributed by atoms with van der Waals surface area (Å²) in [6, 6.07) is 15.2. The molecule has 0 saturated carbocycles. The van der Waals surface area contributed by atoms with Crippen molar-refractivity contribution >= 4 is 21.5 Å². The fourth-order valence-corrected chi connectivity index (χ4v) is 3.23. The minimum absolute atomic E-state index is 0.944. The van der Waals surface area contributed by atoms with Gasteiger partial charge in [0.1, 0.15) is 5.75 Å². The second-order valence-electron chi connectivity index (χ2n) is 5.28. The van der Waals surface area contributed by atoms with Gasteiger partial charge in [-0.2, -0.15) is 0 Å². The Balaban J connectivity index is 2.16. The minimum atomic E-state index is 0.944. The number of hydrogen-bond acceptors (Lipinski definition) is 1. The maximum Gasteiger partial charge on any atom is 0.119 e. The highest BCUT2D eigenvalue weighted by molar-refractivity contribution is 9.09. The van der Waals surface area contributed by atoms with Crippen LogP contribution < -0.4 is 4.74 Å². The van der Waals surface area contributed by atoms with Crippen LogP contribution in [0.5, 0.6) is 5.75 Å². The first kappa shape index (κ1) is 14.4. The van der Waals surface area contributed by atoms with Crippen LogP contribution in [0.1, 0.15) is 28.7 Å². The lowest BCUT2D eigenvalue weighted by Crippen LogP contribution is -1.94. The first-order valence-corrected chi connectivity index (χ1v) is 8.47. The van der Waals surface area contributed by atoms with Crippen molar-refractivity contribution < 1.29 is 4.74 Å². The van der Waals surface area contributed by atoms with Gasteiger partial charge in [-0.1, -0.05) is 52.3 Å². The van der Waals surface area contributed by atoms with Gasteiger partial charge in [0.2, 0.25) is 0 Å². The van der Waals surface area contributed by atoms with Crippen LogP contribution in [0.4, 0.5) is 0 Å². The summed E-state index contributed by atoms with van der Waals surface area (Å²) in [7, 11) is 1.73. The van der Waals surface area contributed by atoms with Crippen LogP contribution in [0.15, 0.2) is 48.5 Å². The number of hydrogen-bond donors (Lipinski definition) is 0. The molecular formula is C19H19BrO. The summed E-state index contributed by atoms with van der Waals surface area (Å²) in [5.74, 6) is 0.944. The van der Waals surface area contributed by atoms with Gasteiger partial charge in [-0.3, -0.25) is 0 Å². The summed E-state index contributed by atoms with van der Waals surface area (Å²) in [5, 5.41) is 0.990. The van der Waals surface area contributed by atoms with E-state index in [4.69, 9.17) is 4.74 Å². The van der Waals surface area contributed by atoms with Crippen LogP contribution in [-0.4, -0.2) is 12.4 Å². The van der Waals surface area contributed by atoms with E-state index in [0.29, 0.717) is 0 Å². The fraction of sp³-hybridized carbons (Fsp3) is 0.263. The number of rotatable bonds is 3. The van der Waals surface area contributed by atoms with Gasteiger partial charge in [-0.25, -0.2) is 0 Å². The molecule has 108 valence electrons. The van der Waals surface area contributed by atoms with Crippen molar-refractivity contribution in [1.82, 2.24) is 0 Å². The normalized spacial score (nSPS) is 15.2. The van der Waals surface area contributed by atoms with Crippen molar-refractivity contribution in [3.05, 3.63) is 70.8 Å². The Morgan fingerprint density at radius 3 is 2.62 bits per heavy atom. The summed E-state index contributed by atoms with van der Waals surface area (Å²) in [6.45, 7) is 0. The number of fused-ring (bicyclic) bond motifs is 2. The molecule has 0 spiro atoms. The van der Waals surface area contributed by atoms with Gasteiger partial charge in [0.15, 0.2) is 0 Å². The third-order valence-corrected chi connectivity index (χ3v) is 4.49. The molecule has 0 amide bonds. The highest BCUT2D eigenvalue weighted by Crippen LogP contribution is 2.35. The Bertz CT molecular complexity index is 673. The van der Waals surface area contributed by atoms with Crippen molar-refractivity contribution in [2.45, 2.75) is 19.3 Å². The van der Waals surface area contributed by atoms with Crippen LogP contribution in [0.25, 0.3) is 5.57 Å². The quantitative estimate of drug-likeness (QED) is 0.712. The average Bonchev–Trinajstić information content (AvgIpc) is 2.69. The molecule has 0 N–H and O–H groups in total. The molecule has 0 fully saturated rings. The number of halogens is 1. The van der Waals surface area contributed by atoms with E-state index in [1.165, 1.54) is 27.8 Å². The molecule has 21 heavy (non-hydrogen) atoms. The highest BCUT2D eigenvalue weighted by atomic mass is 79.9. The van der Waals surface area contributed by atoms with Crippen LogP contribution >= 0.6 is 15.9 Å². The molecule has 0 aromatic heterocycles. The molecule has 0 bridgehead atoms. The fourth-order valence-electron chi connectivity index (χ4n) is 3.00. The predicted octanol–water partition coefficient (Wildman–Crippen LogP) is 5.01. The molecule has 2 aromatic rings. The number of methoxy groups -OCH3 is 1. The van der Waals surface area contributed by atoms with Gasteiger partial charge in [0.25, 0.3) is 0 Å². The van der Waals surface area contributed by atoms with Crippen molar-refractivity contribution in [2.24, 2.45) is 0 Å². The van der Waals surface area contributed by atoms with E-state index in [9.17, 15) is 0 Å².